The summed E-state index contributed by atoms with van der Waals surface area (Å²) in [5.41, 5.74) is 0.570. The lowest BCUT2D eigenvalue weighted by Crippen LogP contribution is -2.34. The van der Waals surface area contributed by atoms with Crippen molar-refractivity contribution in [2.24, 2.45) is 0 Å². The van der Waals surface area contributed by atoms with Crippen molar-refractivity contribution in [1.82, 2.24) is 4.31 Å². The molecule has 0 amide bonds. The Morgan fingerprint density at radius 2 is 2.10 bits per heavy atom. The van der Waals surface area contributed by atoms with Crippen molar-refractivity contribution < 1.29 is 12.8 Å². The maximum Gasteiger partial charge on any atom is 0.246 e. The molecule has 0 unspecified atom stereocenters. The Kier molecular flexibility index (Phi) is 5.23. The number of nitrogens with zero attached hydrogens (tertiary/aromatic N) is 1. The van der Waals surface area contributed by atoms with E-state index in [0.29, 0.717) is 24.4 Å². The molecule has 0 N–H and O–H groups in total. The number of benzene rings is 1. The van der Waals surface area contributed by atoms with Gasteiger partial charge in [0.2, 0.25) is 10.0 Å². The summed E-state index contributed by atoms with van der Waals surface area (Å²) in [6.07, 6.45) is 0.748. The fourth-order valence-electron chi connectivity index (χ4n) is 2.22. The van der Waals surface area contributed by atoms with E-state index in [-0.39, 0.29) is 15.5 Å². The van der Waals surface area contributed by atoms with Gasteiger partial charge in [0.05, 0.1) is 0 Å². The van der Waals surface area contributed by atoms with E-state index in [1.54, 1.807) is 17.8 Å². The zero-order valence-electron chi connectivity index (χ0n) is 12.1. The minimum atomic E-state index is -3.79. The number of thioether (sulfide) groups is 1. The molecule has 0 atom stereocenters. The van der Waals surface area contributed by atoms with Gasteiger partial charge in [-0.1, -0.05) is 19.9 Å². The van der Waals surface area contributed by atoms with E-state index in [1.807, 2.05) is 0 Å². The Morgan fingerprint density at radius 3 is 2.71 bits per heavy atom. The van der Waals surface area contributed by atoms with Gasteiger partial charge in [0.15, 0.2) is 0 Å². The second-order valence-electron chi connectivity index (χ2n) is 5.66. The summed E-state index contributed by atoms with van der Waals surface area (Å²) in [7, 11) is -3.79. The molecule has 0 aliphatic carbocycles. The van der Waals surface area contributed by atoms with Crippen LogP contribution in [0.2, 0.25) is 0 Å². The number of alkyl halides is 1. The second-order valence-corrected chi connectivity index (χ2v) is 9.64. The monoisotopic (exact) mass is 351 g/mol. The highest BCUT2D eigenvalue weighted by Gasteiger charge is 2.32. The fraction of sp³-hybridized carbons (Fsp3) is 0.571. The molecule has 0 spiro atoms. The van der Waals surface area contributed by atoms with Crippen molar-refractivity contribution >= 4 is 33.4 Å². The molecular weight excluding hydrogens is 333 g/mol. The average Bonchev–Trinajstić information content (AvgIpc) is 2.59. The summed E-state index contributed by atoms with van der Waals surface area (Å²) in [6, 6.07) is 4.06. The van der Waals surface area contributed by atoms with Crippen molar-refractivity contribution in [1.29, 1.82) is 0 Å². The van der Waals surface area contributed by atoms with Gasteiger partial charge in [0, 0.05) is 29.5 Å². The number of hydrogen-bond donors (Lipinski definition) is 0. The quantitative estimate of drug-likeness (QED) is 0.782. The van der Waals surface area contributed by atoms with Crippen LogP contribution in [0.3, 0.4) is 0 Å². The predicted octanol–water partition coefficient (Wildman–Crippen LogP) is 3.47. The van der Waals surface area contributed by atoms with Crippen molar-refractivity contribution in [2.75, 3.05) is 18.8 Å². The molecule has 1 fully saturated rings. The minimum Gasteiger partial charge on any atom is -0.207 e. The van der Waals surface area contributed by atoms with Crippen LogP contribution >= 0.6 is 23.4 Å². The third-order valence-electron chi connectivity index (χ3n) is 3.57. The Labute approximate surface area is 134 Å². The molecule has 7 heteroatoms. The van der Waals surface area contributed by atoms with Crippen LogP contribution < -0.4 is 0 Å². The van der Waals surface area contributed by atoms with Crippen molar-refractivity contribution in [3.8, 4) is 0 Å². The first-order valence-electron chi connectivity index (χ1n) is 6.75. The van der Waals surface area contributed by atoms with Crippen molar-refractivity contribution in [3.63, 3.8) is 0 Å². The molecule has 0 bridgehead atoms. The van der Waals surface area contributed by atoms with E-state index in [2.05, 4.69) is 13.8 Å². The average molecular weight is 352 g/mol. The Hall–Kier alpha value is -0.300. The van der Waals surface area contributed by atoms with Gasteiger partial charge in [-0.25, -0.2) is 12.8 Å². The van der Waals surface area contributed by atoms with E-state index in [0.717, 1.165) is 6.42 Å². The summed E-state index contributed by atoms with van der Waals surface area (Å²) in [5.74, 6) is 0.142. The van der Waals surface area contributed by atoms with Gasteiger partial charge in [-0.15, -0.1) is 11.6 Å². The highest BCUT2D eigenvalue weighted by molar-refractivity contribution is 8.00. The van der Waals surface area contributed by atoms with Gasteiger partial charge in [-0.05, 0) is 24.1 Å². The van der Waals surface area contributed by atoms with Gasteiger partial charge in [0.1, 0.15) is 10.7 Å². The molecule has 2 rings (SSSR count). The Bertz CT molecular complexity index is 619. The molecule has 0 radical (unpaired) electrons. The fourth-order valence-corrected chi connectivity index (χ4v) is 5.09. The number of sulfonamides is 1. The molecule has 21 heavy (non-hydrogen) atoms. The Morgan fingerprint density at radius 1 is 1.38 bits per heavy atom. The molecule has 0 aromatic heterocycles. The maximum atomic E-state index is 14.1. The van der Waals surface area contributed by atoms with Gasteiger partial charge in [0.25, 0.3) is 0 Å². The van der Waals surface area contributed by atoms with Crippen LogP contribution in [0.4, 0.5) is 4.39 Å². The van der Waals surface area contributed by atoms with Crippen molar-refractivity contribution in [2.45, 2.75) is 35.8 Å². The highest BCUT2D eigenvalue weighted by atomic mass is 35.5. The van der Waals surface area contributed by atoms with Gasteiger partial charge in [-0.3, -0.25) is 0 Å². The summed E-state index contributed by atoms with van der Waals surface area (Å²) in [4.78, 5) is -0.263. The third-order valence-corrected chi connectivity index (χ3v) is 7.18. The van der Waals surface area contributed by atoms with Gasteiger partial charge < -0.3 is 0 Å². The molecule has 1 aromatic rings. The molecule has 3 nitrogen and oxygen atoms in total. The molecule has 1 aromatic carbocycles. The molecule has 1 saturated heterocycles. The van der Waals surface area contributed by atoms with E-state index in [9.17, 15) is 12.8 Å². The first kappa shape index (κ1) is 17.1. The molecular formula is C14H19ClFNO2S2. The molecule has 1 aliphatic heterocycles. The van der Waals surface area contributed by atoms with E-state index in [4.69, 9.17) is 11.6 Å². The first-order valence-corrected chi connectivity index (χ1v) is 9.71. The Balaban J connectivity index is 2.29. The maximum absolute atomic E-state index is 14.1. The summed E-state index contributed by atoms with van der Waals surface area (Å²) in [6.45, 7) is 5.03. The lowest BCUT2D eigenvalue weighted by Gasteiger charge is -2.22. The summed E-state index contributed by atoms with van der Waals surface area (Å²) in [5, 5.41) is 0. The van der Waals surface area contributed by atoms with E-state index < -0.39 is 15.8 Å². The zero-order chi connectivity index (χ0) is 15.7. The van der Waals surface area contributed by atoms with Gasteiger partial charge in [-0.2, -0.15) is 16.1 Å². The molecule has 0 saturated carbocycles. The SMILES string of the molecule is CC1(C)CCN(S(=O)(=O)c2ccc(CCl)cc2F)CCS1. The predicted molar refractivity (Wildman–Crippen MR) is 85.9 cm³/mol. The smallest absolute Gasteiger partial charge is 0.207 e. The van der Waals surface area contributed by atoms with E-state index >= 15 is 0 Å². The zero-order valence-corrected chi connectivity index (χ0v) is 14.5. The second kappa shape index (κ2) is 6.44. The van der Waals surface area contributed by atoms with Gasteiger partial charge >= 0.3 is 0 Å². The van der Waals surface area contributed by atoms with E-state index in [1.165, 1.54) is 16.4 Å². The number of halogens is 2. The minimum absolute atomic E-state index is 0.0469. The van der Waals surface area contributed by atoms with Crippen LogP contribution in [0.1, 0.15) is 25.8 Å². The summed E-state index contributed by atoms with van der Waals surface area (Å²) < 4.78 is 40.7. The van der Waals surface area contributed by atoms with Crippen LogP contribution in [0.15, 0.2) is 23.1 Å². The van der Waals surface area contributed by atoms with Crippen LogP contribution in [0, 0.1) is 5.82 Å². The van der Waals surface area contributed by atoms with Crippen LogP contribution in [0.5, 0.6) is 0 Å². The molecule has 118 valence electrons. The highest BCUT2D eigenvalue weighted by Crippen LogP contribution is 2.32. The topological polar surface area (TPSA) is 37.4 Å². The largest absolute Gasteiger partial charge is 0.246 e. The summed E-state index contributed by atoms with van der Waals surface area (Å²) >= 11 is 7.39. The third kappa shape index (κ3) is 3.92. The van der Waals surface area contributed by atoms with Crippen molar-refractivity contribution in [3.05, 3.63) is 29.6 Å². The first-order chi connectivity index (χ1) is 9.76. The lowest BCUT2D eigenvalue weighted by molar-refractivity contribution is 0.412. The lowest BCUT2D eigenvalue weighted by atomic mass is 10.1. The standard InChI is InChI=1S/C14H19ClFNO2S2/c1-14(2)5-6-17(7-8-20-14)21(18,19)13-4-3-11(10-15)9-12(13)16/h3-4,9H,5-8,10H2,1-2H3. The van der Waals surface area contributed by atoms with Crippen LogP contribution in [-0.2, 0) is 15.9 Å². The normalized spacial score (nSPS) is 20.2. The number of rotatable bonds is 3. The molecule has 1 aliphatic rings. The van der Waals surface area contributed by atoms with Crippen LogP contribution in [0.25, 0.3) is 0 Å². The molecule has 1 heterocycles. The van der Waals surface area contributed by atoms with Crippen LogP contribution in [-0.4, -0.2) is 36.3 Å². The number of hydrogen-bond acceptors (Lipinski definition) is 3.